The number of benzene rings is 2. The Kier molecular flexibility index (Phi) is 7.00. The van der Waals surface area contributed by atoms with Crippen molar-refractivity contribution in [3.63, 3.8) is 0 Å². The van der Waals surface area contributed by atoms with Crippen molar-refractivity contribution in [2.24, 2.45) is 0 Å². The van der Waals surface area contributed by atoms with Crippen LogP contribution in [0.2, 0.25) is 0 Å². The van der Waals surface area contributed by atoms with Crippen LogP contribution in [0.15, 0.2) is 59.6 Å². The van der Waals surface area contributed by atoms with Crippen LogP contribution in [0, 0.1) is 6.92 Å². The Morgan fingerprint density at radius 1 is 1.18 bits per heavy atom. The maximum absolute atomic E-state index is 13.0. The number of thiocarbonyl (C=S) groups is 1. The molecule has 0 aliphatic carbocycles. The predicted molar refractivity (Wildman–Crippen MR) is 140 cm³/mol. The van der Waals surface area contributed by atoms with Gasteiger partial charge in [-0.25, -0.2) is 4.68 Å². The number of hydrogen-bond acceptors (Lipinski definition) is 5. The fraction of sp³-hybridized carbons (Fsp3) is 0.269. The minimum absolute atomic E-state index is 0.0215. The minimum atomic E-state index is -0.0575. The molecule has 1 fully saturated rings. The molecule has 33 heavy (non-hydrogen) atoms. The Labute approximate surface area is 204 Å². The summed E-state index contributed by atoms with van der Waals surface area (Å²) in [6.45, 7) is 8.75. The number of aromatic nitrogens is 2. The van der Waals surface area contributed by atoms with Crippen molar-refractivity contribution in [2.75, 3.05) is 6.61 Å². The Hall–Kier alpha value is -2.90. The van der Waals surface area contributed by atoms with Crippen LogP contribution in [0.5, 0.6) is 5.75 Å². The quantitative estimate of drug-likeness (QED) is 0.297. The molecular formula is C26H27N3O2S2. The van der Waals surface area contributed by atoms with E-state index in [2.05, 4.69) is 13.0 Å². The topological polar surface area (TPSA) is 47.4 Å². The van der Waals surface area contributed by atoms with Gasteiger partial charge in [0.25, 0.3) is 5.91 Å². The van der Waals surface area contributed by atoms with E-state index in [-0.39, 0.29) is 11.9 Å². The molecule has 0 N–H and O–H groups in total. The number of ether oxygens (including phenoxy) is 1. The van der Waals surface area contributed by atoms with Gasteiger partial charge in [-0.05, 0) is 69.2 Å². The maximum Gasteiger partial charge on any atom is 0.266 e. The van der Waals surface area contributed by atoms with Crippen LogP contribution in [-0.4, -0.2) is 37.6 Å². The van der Waals surface area contributed by atoms with Crippen LogP contribution in [-0.2, 0) is 4.79 Å². The van der Waals surface area contributed by atoms with Gasteiger partial charge in [0.1, 0.15) is 15.8 Å². The van der Waals surface area contributed by atoms with Crippen molar-refractivity contribution in [3.05, 3.63) is 70.8 Å². The van der Waals surface area contributed by atoms with E-state index in [1.165, 1.54) is 11.8 Å². The normalized spacial score (nSPS) is 15.2. The van der Waals surface area contributed by atoms with Gasteiger partial charge < -0.3 is 4.74 Å². The summed E-state index contributed by atoms with van der Waals surface area (Å²) >= 11 is 6.79. The summed E-state index contributed by atoms with van der Waals surface area (Å²) in [5.74, 6) is 0.820. The fourth-order valence-electron chi connectivity index (χ4n) is 3.67. The molecule has 1 aliphatic rings. The van der Waals surface area contributed by atoms with Gasteiger partial charge in [-0.2, -0.15) is 5.10 Å². The van der Waals surface area contributed by atoms with Gasteiger partial charge in [-0.3, -0.25) is 9.69 Å². The molecule has 5 nitrogen and oxygen atoms in total. The number of aryl methyl sites for hydroxylation is 1. The Balaban J connectivity index is 1.79. The summed E-state index contributed by atoms with van der Waals surface area (Å²) in [5, 5.41) is 4.89. The SMILES string of the molecule is CCCOc1ccc(-c2nn(-c3ccccc3)cc2/C=C2\SC(=S)N(C(C)C)C2=O)cc1C. The number of thioether (sulfide) groups is 1. The molecule has 3 aromatic rings. The van der Waals surface area contributed by atoms with Crippen molar-refractivity contribution in [1.82, 2.24) is 14.7 Å². The third-order valence-electron chi connectivity index (χ3n) is 5.30. The van der Waals surface area contributed by atoms with Crippen LogP contribution in [0.25, 0.3) is 23.0 Å². The first kappa shape index (κ1) is 23.3. The van der Waals surface area contributed by atoms with Crippen molar-refractivity contribution >= 4 is 40.3 Å². The lowest BCUT2D eigenvalue weighted by Gasteiger charge is -2.18. The molecule has 7 heteroatoms. The van der Waals surface area contributed by atoms with Crippen LogP contribution >= 0.6 is 24.0 Å². The molecule has 0 unspecified atom stereocenters. The lowest BCUT2D eigenvalue weighted by atomic mass is 10.0. The number of nitrogens with zero attached hydrogens (tertiary/aromatic N) is 3. The molecule has 1 aliphatic heterocycles. The van der Waals surface area contributed by atoms with Gasteiger partial charge in [0.15, 0.2) is 0 Å². The predicted octanol–water partition coefficient (Wildman–Crippen LogP) is 6.25. The zero-order valence-electron chi connectivity index (χ0n) is 19.2. The van der Waals surface area contributed by atoms with Crippen molar-refractivity contribution in [1.29, 1.82) is 0 Å². The Morgan fingerprint density at radius 2 is 1.94 bits per heavy atom. The average Bonchev–Trinajstić information content (AvgIpc) is 3.34. The van der Waals surface area contributed by atoms with Gasteiger partial charge in [-0.1, -0.05) is 49.1 Å². The summed E-state index contributed by atoms with van der Waals surface area (Å²) in [6, 6.07) is 16.1. The second kappa shape index (κ2) is 9.93. The molecule has 0 atom stereocenters. The first-order valence-electron chi connectivity index (χ1n) is 11.0. The van der Waals surface area contributed by atoms with Crippen LogP contribution < -0.4 is 4.74 Å². The molecule has 0 radical (unpaired) electrons. The van der Waals surface area contributed by atoms with E-state index in [9.17, 15) is 4.79 Å². The van der Waals surface area contributed by atoms with Crippen molar-refractivity contribution in [2.45, 2.75) is 40.2 Å². The number of carbonyl (C=O) groups excluding carboxylic acids is 1. The molecule has 170 valence electrons. The summed E-state index contributed by atoms with van der Waals surface area (Å²) in [5.41, 5.74) is 4.64. The molecule has 0 saturated carbocycles. The molecular weight excluding hydrogens is 450 g/mol. The highest BCUT2D eigenvalue weighted by Gasteiger charge is 2.34. The van der Waals surface area contributed by atoms with Crippen molar-refractivity contribution < 1.29 is 9.53 Å². The number of hydrogen-bond donors (Lipinski definition) is 0. The zero-order chi connectivity index (χ0) is 23.5. The van der Waals surface area contributed by atoms with Gasteiger partial charge >= 0.3 is 0 Å². The summed E-state index contributed by atoms with van der Waals surface area (Å²) in [4.78, 5) is 15.3. The van der Waals surface area contributed by atoms with Gasteiger partial charge in [0.2, 0.25) is 0 Å². The van der Waals surface area contributed by atoms with E-state index in [4.69, 9.17) is 22.1 Å². The highest BCUT2D eigenvalue weighted by Crippen LogP contribution is 2.36. The van der Waals surface area contributed by atoms with Gasteiger partial charge in [-0.15, -0.1) is 0 Å². The Bertz CT molecular complexity index is 1220. The highest BCUT2D eigenvalue weighted by molar-refractivity contribution is 8.26. The van der Waals surface area contributed by atoms with Crippen LogP contribution in [0.1, 0.15) is 38.3 Å². The van der Waals surface area contributed by atoms with E-state index in [1.807, 2.05) is 80.2 Å². The van der Waals surface area contributed by atoms with Crippen molar-refractivity contribution in [3.8, 4) is 22.7 Å². The molecule has 0 bridgehead atoms. The van der Waals surface area contributed by atoms with E-state index in [1.54, 1.807) is 4.90 Å². The molecule has 1 saturated heterocycles. The molecule has 0 spiro atoms. The lowest BCUT2D eigenvalue weighted by molar-refractivity contribution is -0.123. The average molecular weight is 478 g/mol. The molecule has 1 amide bonds. The van der Waals surface area contributed by atoms with Gasteiger partial charge in [0, 0.05) is 23.4 Å². The standard InChI is InChI=1S/C26H27N3O2S2/c1-5-13-31-22-12-11-19(14-18(22)4)24-20(16-28(27-24)21-9-7-6-8-10-21)15-23-25(30)29(17(2)3)26(32)33-23/h6-12,14-17H,5,13H2,1-4H3/b23-15-. The van der Waals surface area contributed by atoms with E-state index < -0.39 is 0 Å². The molecule has 2 aromatic carbocycles. The van der Waals surface area contributed by atoms with Gasteiger partial charge in [0.05, 0.1) is 17.2 Å². The number of carbonyl (C=O) groups is 1. The first-order chi connectivity index (χ1) is 15.9. The summed E-state index contributed by atoms with van der Waals surface area (Å²) in [6.07, 6.45) is 4.82. The fourth-order valence-corrected chi connectivity index (χ4v) is 5.18. The maximum atomic E-state index is 13.0. The smallest absolute Gasteiger partial charge is 0.266 e. The Morgan fingerprint density at radius 3 is 2.58 bits per heavy atom. The largest absolute Gasteiger partial charge is 0.493 e. The van der Waals surface area contributed by atoms with E-state index in [0.29, 0.717) is 15.8 Å². The van der Waals surface area contributed by atoms with Crippen LogP contribution in [0.4, 0.5) is 0 Å². The second-order valence-corrected chi connectivity index (χ2v) is 9.86. The van der Waals surface area contributed by atoms with E-state index in [0.717, 1.165) is 40.2 Å². The molecule has 1 aromatic heterocycles. The van der Waals surface area contributed by atoms with E-state index >= 15 is 0 Å². The highest BCUT2D eigenvalue weighted by atomic mass is 32.2. The molecule has 4 rings (SSSR count). The third kappa shape index (κ3) is 4.89. The number of rotatable bonds is 7. The lowest BCUT2D eigenvalue weighted by Crippen LogP contribution is -2.34. The monoisotopic (exact) mass is 477 g/mol. The first-order valence-corrected chi connectivity index (χ1v) is 12.3. The zero-order valence-corrected chi connectivity index (χ0v) is 20.9. The molecule has 2 heterocycles. The van der Waals surface area contributed by atoms with Crippen LogP contribution in [0.3, 0.4) is 0 Å². The summed E-state index contributed by atoms with van der Waals surface area (Å²) < 4.78 is 8.28. The third-order valence-corrected chi connectivity index (χ3v) is 6.63. The number of amides is 1. The second-order valence-electron chi connectivity index (χ2n) is 8.19. The summed E-state index contributed by atoms with van der Waals surface area (Å²) in [7, 11) is 0. The number of para-hydroxylation sites is 1. The minimum Gasteiger partial charge on any atom is -0.493 e.